The summed E-state index contributed by atoms with van der Waals surface area (Å²) in [6.45, 7) is 5.17. The zero-order chi connectivity index (χ0) is 22.0. The van der Waals surface area contributed by atoms with Gasteiger partial charge in [0.05, 0.1) is 5.02 Å². The fourth-order valence-corrected chi connectivity index (χ4v) is 6.30. The number of hydrogen-bond donors (Lipinski definition) is 3. The number of carbonyl (C=O) groups is 3. The Hall–Kier alpha value is -2.29. The van der Waals surface area contributed by atoms with Crippen LogP contribution in [0.2, 0.25) is 5.02 Å². The molecule has 2 unspecified atom stereocenters. The molecule has 9 heteroatoms. The summed E-state index contributed by atoms with van der Waals surface area (Å²) in [5, 5.41) is 14.0. The van der Waals surface area contributed by atoms with Crippen LogP contribution >= 0.6 is 23.4 Å². The number of nitrogens with zero attached hydrogens (tertiary/aromatic N) is 1. The van der Waals surface area contributed by atoms with Crippen LogP contribution in [0.15, 0.2) is 36.4 Å². The second-order valence-corrected chi connectivity index (χ2v) is 10.5. The van der Waals surface area contributed by atoms with E-state index in [0.29, 0.717) is 10.6 Å². The number of aliphatic carboxylic acids is 1. The summed E-state index contributed by atoms with van der Waals surface area (Å²) in [7, 11) is 0. The summed E-state index contributed by atoms with van der Waals surface area (Å²) < 4.78 is -0.682. The highest BCUT2D eigenvalue weighted by molar-refractivity contribution is 8.01. The van der Waals surface area contributed by atoms with Crippen molar-refractivity contribution in [1.82, 2.24) is 10.2 Å². The van der Waals surface area contributed by atoms with Gasteiger partial charge in [0.1, 0.15) is 23.0 Å². The number of β-lactam (4-membered cyclic amide) rings is 1. The van der Waals surface area contributed by atoms with E-state index in [1.165, 1.54) is 16.7 Å². The quantitative estimate of drug-likeness (QED) is 0.621. The lowest BCUT2D eigenvalue weighted by Crippen LogP contribution is -2.78. The molecule has 0 aromatic heterocycles. The summed E-state index contributed by atoms with van der Waals surface area (Å²) in [4.78, 5) is 38.9. The number of fused-ring (bicyclic) bond motifs is 2. The molecule has 0 aliphatic carbocycles. The fourth-order valence-electron chi connectivity index (χ4n) is 4.30. The van der Waals surface area contributed by atoms with E-state index in [4.69, 9.17) is 17.3 Å². The van der Waals surface area contributed by atoms with Crippen molar-refractivity contribution in [2.24, 2.45) is 5.73 Å². The average Bonchev–Trinajstić information content (AvgIpc) is 2.97. The predicted molar refractivity (Wildman–Crippen MR) is 116 cm³/mol. The molecular weight excluding hydrogens is 426 g/mol. The third kappa shape index (κ3) is 2.89. The summed E-state index contributed by atoms with van der Waals surface area (Å²) in [6, 6.07) is 9.04. The second kappa shape index (κ2) is 6.87. The lowest BCUT2D eigenvalue weighted by atomic mass is 9.85. The van der Waals surface area contributed by atoms with Crippen molar-refractivity contribution < 1.29 is 19.5 Å². The van der Waals surface area contributed by atoms with Crippen LogP contribution in [0, 0.1) is 0 Å². The SMILES string of the molecule is CC1(C)S[C@H]2N(C(=O)C2(C)NC(=O)C(N)c2ccc3ccccc3c2Cl)[C@H]1C(=O)O. The molecule has 2 aliphatic rings. The van der Waals surface area contributed by atoms with Gasteiger partial charge in [0.2, 0.25) is 5.91 Å². The molecule has 2 fully saturated rings. The molecule has 7 nitrogen and oxygen atoms in total. The van der Waals surface area contributed by atoms with Crippen molar-refractivity contribution in [3.8, 4) is 0 Å². The standard InChI is InChI=1S/C21H22ClN3O4S/c1-20(2)15(17(27)28)25-18(29)21(3,19(25)30-20)24-16(26)14(23)12-9-8-10-6-4-5-7-11(10)13(12)22/h4-9,14-15,19H,23H2,1-3H3,(H,24,26)(H,27,28)/t14?,15-,19+,21?/m0/s1. The molecule has 4 rings (SSSR count). The van der Waals surface area contributed by atoms with Crippen LogP contribution in [0.25, 0.3) is 10.8 Å². The van der Waals surface area contributed by atoms with E-state index in [0.717, 1.165) is 10.8 Å². The zero-order valence-electron chi connectivity index (χ0n) is 16.7. The van der Waals surface area contributed by atoms with Gasteiger partial charge in [-0.25, -0.2) is 4.79 Å². The largest absolute Gasteiger partial charge is 0.480 e. The van der Waals surface area contributed by atoms with Gasteiger partial charge >= 0.3 is 5.97 Å². The van der Waals surface area contributed by atoms with E-state index in [2.05, 4.69) is 5.32 Å². The minimum atomic E-state index is -1.23. The maximum Gasteiger partial charge on any atom is 0.327 e. The van der Waals surface area contributed by atoms with E-state index in [-0.39, 0.29) is 0 Å². The molecular formula is C21H22ClN3O4S. The maximum atomic E-state index is 13.0. The highest BCUT2D eigenvalue weighted by Crippen LogP contribution is 2.54. The molecule has 2 saturated heterocycles. The van der Waals surface area contributed by atoms with Crippen LogP contribution in [-0.2, 0) is 14.4 Å². The first-order chi connectivity index (χ1) is 14.0. The average molecular weight is 448 g/mol. The van der Waals surface area contributed by atoms with Gasteiger partial charge in [0.25, 0.3) is 5.91 Å². The van der Waals surface area contributed by atoms with Gasteiger partial charge < -0.3 is 21.1 Å². The number of benzene rings is 2. The molecule has 2 aromatic rings. The molecule has 2 amide bonds. The summed E-state index contributed by atoms with van der Waals surface area (Å²) in [5.74, 6) is -2.03. The van der Waals surface area contributed by atoms with Crippen LogP contribution in [0.3, 0.4) is 0 Å². The van der Waals surface area contributed by atoms with Crippen molar-refractivity contribution in [3.05, 3.63) is 47.0 Å². The number of halogens is 1. The Morgan fingerprint density at radius 3 is 2.57 bits per heavy atom. The molecule has 4 N–H and O–H groups in total. The number of hydrogen-bond acceptors (Lipinski definition) is 5. The molecule has 158 valence electrons. The van der Waals surface area contributed by atoms with E-state index in [1.54, 1.807) is 26.8 Å². The van der Waals surface area contributed by atoms with Gasteiger partial charge in [-0.1, -0.05) is 48.0 Å². The first-order valence-electron chi connectivity index (χ1n) is 9.47. The van der Waals surface area contributed by atoms with Crippen molar-refractivity contribution in [2.75, 3.05) is 0 Å². The van der Waals surface area contributed by atoms with Crippen LogP contribution in [0.4, 0.5) is 0 Å². The maximum absolute atomic E-state index is 13.0. The Morgan fingerprint density at radius 2 is 1.90 bits per heavy atom. The normalized spacial score (nSPS) is 28.0. The monoisotopic (exact) mass is 447 g/mol. The van der Waals surface area contributed by atoms with Gasteiger partial charge in [0, 0.05) is 10.1 Å². The Balaban J connectivity index is 1.58. The van der Waals surface area contributed by atoms with Crippen LogP contribution < -0.4 is 11.1 Å². The van der Waals surface area contributed by atoms with Crippen LogP contribution in [-0.4, -0.2) is 49.5 Å². The van der Waals surface area contributed by atoms with Gasteiger partial charge in [-0.2, -0.15) is 0 Å². The van der Waals surface area contributed by atoms with E-state index >= 15 is 0 Å². The van der Waals surface area contributed by atoms with Gasteiger partial charge in [-0.15, -0.1) is 11.8 Å². The minimum Gasteiger partial charge on any atom is -0.480 e. The summed E-state index contributed by atoms with van der Waals surface area (Å²) >= 11 is 7.87. The van der Waals surface area contributed by atoms with Crippen molar-refractivity contribution in [2.45, 2.75) is 48.5 Å². The van der Waals surface area contributed by atoms with E-state index < -0.39 is 45.5 Å². The number of carboxylic acid groups (broad SMARTS) is 1. The summed E-state index contributed by atoms with van der Waals surface area (Å²) in [6.07, 6.45) is 0. The second-order valence-electron chi connectivity index (χ2n) is 8.39. The third-order valence-electron chi connectivity index (χ3n) is 5.90. The number of amides is 2. The van der Waals surface area contributed by atoms with Gasteiger partial charge in [-0.3, -0.25) is 9.59 Å². The molecule has 30 heavy (non-hydrogen) atoms. The Kier molecular flexibility index (Phi) is 4.80. The summed E-state index contributed by atoms with van der Waals surface area (Å²) in [5.41, 5.74) is 5.43. The number of carbonyl (C=O) groups excluding carboxylic acids is 2. The zero-order valence-corrected chi connectivity index (χ0v) is 18.3. The van der Waals surface area contributed by atoms with E-state index in [9.17, 15) is 19.5 Å². The molecule has 2 aliphatic heterocycles. The predicted octanol–water partition coefficient (Wildman–Crippen LogP) is 2.51. The number of thioether (sulfide) groups is 1. The molecule has 0 bridgehead atoms. The lowest BCUT2D eigenvalue weighted by Gasteiger charge is -2.51. The first-order valence-corrected chi connectivity index (χ1v) is 10.7. The number of carboxylic acids is 1. The smallest absolute Gasteiger partial charge is 0.327 e. The molecule has 0 saturated carbocycles. The lowest BCUT2D eigenvalue weighted by molar-refractivity contribution is -0.168. The number of nitrogens with one attached hydrogen (secondary N) is 1. The number of rotatable bonds is 4. The fraction of sp³-hybridized carbons (Fsp3) is 0.381. The topological polar surface area (TPSA) is 113 Å². The molecule has 2 aromatic carbocycles. The Labute approximate surface area is 182 Å². The van der Waals surface area contributed by atoms with Crippen LogP contribution in [0.5, 0.6) is 0 Å². The minimum absolute atomic E-state index is 0.393. The third-order valence-corrected chi connectivity index (χ3v) is 8.08. The molecule has 0 radical (unpaired) electrons. The van der Waals surface area contributed by atoms with Gasteiger partial charge in [-0.05, 0) is 31.7 Å². The highest BCUT2D eigenvalue weighted by Gasteiger charge is 2.70. The molecule has 4 atom stereocenters. The molecule has 2 heterocycles. The number of nitrogens with two attached hydrogens (primary N) is 1. The highest BCUT2D eigenvalue weighted by atomic mass is 35.5. The van der Waals surface area contributed by atoms with Crippen LogP contribution in [0.1, 0.15) is 32.4 Å². The first kappa shape index (κ1) is 21.0. The Bertz CT molecular complexity index is 1090. The Morgan fingerprint density at radius 1 is 1.23 bits per heavy atom. The molecule has 0 spiro atoms. The van der Waals surface area contributed by atoms with Gasteiger partial charge in [0.15, 0.2) is 0 Å². The van der Waals surface area contributed by atoms with Crippen molar-refractivity contribution in [1.29, 1.82) is 0 Å². The van der Waals surface area contributed by atoms with E-state index in [1.807, 2.05) is 30.3 Å². The van der Waals surface area contributed by atoms with Crippen molar-refractivity contribution >= 4 is 51.9 Å². The van der Waals surface area contributed by atoms with Crippen molar-refractivity contribution in [3.63, 3.8) is 0 Å².